The van der Waals surface area contributed by atoms with Gasteiger partial charge < -0.3 is 14.5 Å². The van der Waals surface area contributed by atoms with Crippen LogP contribution in [0, 0.1) is 0 Å². The number of nitrogens with zero attached hydrogens (tertiary/aromatic N) is 1. The molecule has 0 spiro atoms. The molecule has 0 aliphatic carbocycles. The van der Waals surface area contributed by atoms with Crippen molar-refractivity contribution >= 4 is 0 Å². The van der Waals surface area contributed by atoms with Gasteiger partial charge in [0, 0.05) is 24.6 Å². The first kappa shape index (κ1) is 15.7. The molecule has 0 aromatic carbocycles. The van der Waals surface area contributed by atoms with Crippen molar-refractivity contribution in [2.45, 2.75) is 39.3 Å². The van der Waals surface area contributed by atoms with Gasteiger partial charge in [-0.15, -0.1) is 0 Å². The van der Waals surface area contributed by atoms with E-state index in [9.17, 15) is 0 Å². The molecule has 2 aromatic rings. The van der Waals surface area contributed by atoms with E-state index >= 15 is 0 Å². The maximum Gasteiger partial charge on any atom is 0.123 e. The van der Waals surface area contributed by atoms with Gasteiger partial charge in [-0.25, -0.2) is 0 Å². The highest BCUT2D eigenvalue weighted by Gasteiger charge is 2.05. The maximum atomic E-state index is 5.74. The van der Waals surface area contributed by atoms with E-state index in [4.69, 9.17) is 9.15 Å². The van der Waals surface area contributed by atoms with E-state index in [0.717, 1.165) is 50.3 Å². The van der Waals surface area contributed by atoms with Crippen LogP contribution in [0.25, 0.3) is 0 Å². The topological polar surface area (TPSA) is 47.3 Å². The van der Waals surface area contributed by atoms with Crippen molar-refractivity contribution in [3.8, 4) is 0 Å². The number of hydrogen-bond acceptors (Lipinski definition) is 4. The molecule has 1 N–H and O–H groups in total. The van der Waals surface area contributed by atoms with Crippen molar-refractivity contribution < 1.29 is 9.15 Å². The first-order chi connectivity index (χ1) is 10.4. The molecule has 0 atom stereocenters. The quantitative estimate of drug-likeness (QED) is 0.681. The smallest absolute Gasteiger partial charge is 0.123 e. The van der Waals surface area contributed by atoms with Crippen LogP contribution < -0.4 is 5.32 Å². The van der Waals surface area contributed by atoms with Crippen LogP contribution in [-0.4, -0.2) is 18.1 Å². The molecule has 21 heavy (non-hydrogen) atoms. The van der Waals surface area contributed by atoms with Crippen LogP contribution in [0.4, 0.5) is 0 Å². The van der Waals surface area contributed by atoms with Crippen LogP contribution in [0.3, 0.4) is 0 Å². The monoisotopic (exact) mass is 288 g/mol. The Morgan fingerprint density at radius 3 is 2.90 bits per heavy atom. The third-order valence-electron chi connectivity index (χ3n) is 3.31. The highest BCUT2D eigenvalue weighted by molar-refractivity contribution is 5.15. The van der Waals surface area contributed by atoms with Crippen LogP contribution in [0.5, 0.6) is 0 Å². The highest BCUT2D eigenvalue weighted by atomic mass is 16.5. The van der Waals surface area contributed by atoms with Gasteiger partial charge >= 0.3 is 0 Å². The number of pyridine rings is 1. The Morgan fingerprint density at radius 1 is 1.24 bits per heavy atom. The van der Waals surface area contributed by atoms with E-state index in [2.05, 4.69) is 17.2 Å². The van der Waals surface area contributed by atoms with Gasteiger partial charge in [0.25, 0.3) is 0 Å². The number of aryl methyl sites for hydroxylation is 1. The Morgan fingerprint density at radius 2 is 2.10 bits per heavy atom. The molecule has 0 aliphatic rings. The molecule has 0 unspecified atom stereocenters. The standard InChI is InChI=1S/C17H24N2O2/c1-2-8-19-13-17-16(7-12-21-17)14-20-11-3-4-15-5-9-18-10-6-15/h5-7,9-10,12,19H,2-4,8,11,13-14H2,1H3. The summed E-state index contributed by atoms with van der Waals surface area (Å²) in [5, 5.41) is 3.35. The molecule has 4 nitrogen and oxygen atoms in total. The minimum Gasteiger partial charge on any atom is -0.468 e. The summed E-state index contributed by atoms with van der Waals surface area (Å²) in [4.78, 5) is 4.02. The summed E-state index contributed by atoms with van der Waals surface area (Å²) in [6.07, 6.45) is 8.57. The fourth-order valence-corrected chi connectivity index (χ4v) is 2.14. The normalized spacial score (nSPS) is 10.9. The second kappa shape index (κ2) is 9.32. The predicted molar refractivity (Wildman–Crippen MR) is 82.9 cm³/mol. The zero-order valence-electron chi connectivity index (χ0n) is 12.7. The Kier molecular flexibility index (Phi) is 6.98. The van der Waals surface area contributed by atoms with Crippen molar-refractivity contribution in [3.63, 3.8) is 0 Å². The molecule has 0 saturated heterocycles. The van der Waals surface area contributed by atoms with E-state index < -0.39 is 0 Å². The van der Waals surface area contributed by atoms with Gasteiger partial charge in [-0.05, 0) is 49.6 Å². The number of ether oxygens (including phenoxy) is 1. The second-order valence-electron chi connectivity index (χ2n) is 5.06. The Hall–Kier alpha value is -1.65. The SMILES string of the molecule is CCCNCc1occc1COCCCc1ccncc1. The van der Waals surface area contributed by atoms with E-state index in [0.29, 0.717) is 6.61 Å². The summed E-state index contributed by atoms with van der Waals surface area (Å²) in [5.41, 5.74) is 2.45. The minimum atomic E-state index is 0.621. The lowest BCUT2D eigenvalue weighted by molar-refractivity contribution is 0.117. The van der Waals surface area contributed by atoms with Gasteiger partial charge in [0.15, 0.2) is 0 Å². The van der Waals surface area contributed by atoms with E-state index in [1.807, 2.05) is 30.6 Å². The van der Waals surface area contributed by atoms with E-state index in [-0.39, 0.29) is 0 Å². The van der Waals surface area contributed by atoms with E-state index in [1.165, 1.54) is 5.56 Å². The van der Waals surface area contributed by atoms with E-state index in [1.54, 1.807) is 6.26 Å². The number of rotatable bonds is 10. The summed E-state index contributed by atoms with van der Waals surface area (Å²) >= 11 is 0. The zero-order chi connectivity index (χ0) is 14.8. The molecular formula is C17H24N2O2. The van der Waals surface area contributed by atoms with Gasteiger partial charge in [0.05, 0.1) is 19.4 Å². The molecule has 0 aliphatic heterocycles. The molecule has 0 fully saturated rings. The molecule has 0 radical (unpaired) electrons. The highest BCUT2D eigenvalue weighted by Crippen LogP contribution is 2.12. The molecule has 2 heterocycles. The largest absolute Gasteiger partial charge is 0.468 e. The average molecular weight is 288 g/mol. The summed E-state index contributed by atoms with van der Waals surface area (Å²) in [6.45, 7) is 5.32. The van der Waals surface area contributed by atoms with Crippen LogP contribution in [0.1, 0.15) is 36.7 Å². The molecule has 0 amide bonds. The zero-order valence-corrected chi connectivity index (χ0v) is 12.7. The summed E-state index contributed by atoms with van der Waals surface area (Å²) < 4.78 is 11.2. The lowest BCUT2D eigenvalue weighted by atomic mass is 10.1. The van der Waals surface area contributed by atoms with Gasteiger partial charge in [-0.2, -0.15) is 0 Å². The number of hydrogen-bond donors (Lipinski definition) is 1. The Bertz CT molecular complexity index is 497. The fourth-order valence-electron chi connectivity index (χ4n) is 2.14. The molecule has 2 aromatic heterocycles. The third kappa shape index (κ3) is 5.69. The van der Waals surface area contributed by atoms with Gasteiger partial charge in [0.2, 0.25) is 0 Å². The molecule has 2 rings (SSSR count). The maximum absolute atomic E-state index is 5.74. The molecule has 4 heteroatoms. The van der Waals surface area contributed by atoms with Gasteiger partial charge in [-0.3, -0.25) is 4.98 Å². The Labute approximate surface area is 126 Å². The van der Waals surface area contributed by atoms with Crippen molar-refractivity contribution in [2.24, 2.45) is 0 Å². The summed E-state index contributed by atoms with van der Waals surface area (Å²) in [6, 6.07) is 6.09. The Balaban J connectivity index is 1.63. The fraction of sp³-hybridized carbons (Fsp3) is 0.471. The molecule has 114 valence electrons. The van der Waals surface area contributed by atoms with Crippen molar-refractivity contribution in [3.05, 3.63) is 53.7 Å². The molecular weight excluding hydrogens is 264 g/mol. The van der Waals surface area contributed by atoms with Crippen molar-refractivity contribution in [1.82, 2.24) is 10.3 Å². The lowest BCUT2D eigenvalue weighted by Gasteiger charge is -2.06. The lowest BCUT2D eigenvalue weighted by Crippen LogP contribution is -2.14. The third-order valence-corrected chi connectivity index (χ3v) is 3.31. The molecule has 0 bridgehead atoms. The van der Waals surface area contributed by atoms with Crippen LogP contribution in [0.15, 0.2) is 41.3 Å². The number of furan rings is 1. The van der Waals surface area contributed by atoms with Gasteiger partial charge in [-0.1, -0.05) is 6.92 Å². The average Bonchev–Trinajstić information content (AvgIpc) is 2.96. The summed E-state index contributed by atoms with van der Waals surface area (Å²) in [5.74, 6) is 0.984. The first-order valence-electron chi connectivity index (χ1n) is 7.62. The predicted octanol–water partition coefficient (Wildman–Crippen LogP) is 3.32. The molecule has 0 saturated carbocycles. The second-order valence-corrected chi connectivity index (χ2v) is 5.06. The number of aromatic nitrogens is 1. The van der Waals surface area contributed by atoms with Crippen molar-refractivity contribution in [2.75, 3.05) is 13.2 Å². The van der Waals surface area contributed by atoms with Crippen LogP contribution >= 0.6 is 0 Å². The summed E-state index contributed by atoms with van der Waals surface area (Å²) in [7, 11) is 0. The van der Waals surface area contributed by atoms with Crippen LogP contribution in [0.2, 0.25) is 0 Å². The minimum absolute atomic E-state index is 0.621. The first-order valence-corrected chi connectivity index (χ1v) is 7.62. The van der Waals surface area contributed by atoms with Crippen molar-refractivity contribution in [1.29, 1.82) is 0 Å². The number of nitrogens with one attached hydrogen (secondary N) is 1. The van der Waals surface area contributed by atoms with Crippen LogP contribution in [-0.2, 0) is 24.3 Å². The van der Waals surface area contributed by atoms with Gasteiger partial charge in [0.1, 0.15) is 5.76 Å².